The highest BCUT2D eigenvalue weighted by atomic mass is 16.3. The minimum atomic E-state index is -0.282. The third-order valence-electron chi connectivity index (χ3n) is 11.2. The summed E-state index contributed by atoms with van der Waals surface area (Å²) < 4.78 is 0. The Morgan fingerprint density at radius 3 is 0.500 bits per heavy atom. The topological polar surface area (TPSA) is 60.7 Å². The van der Waals surface area contributed by atoms with E-state index in [4.69, 9.17) is 0 Å². The van der Waals surface area contributed by atoms with Gasteiger partial charge in [0, 0.05) is 0 Å². The van der Waals surface area contributed by atoms with Crippen LogP contribution in [-0.2, 0) is 32.5 Å². The van der Waals surface area contributed by atoms with E-state index in [9.17, 15) is 15.3 Å². The van der Waals surface area contributed by atoms with E-state index in [-0.39, 0.29) is 49.7 Å². The van der Waals surface area contributed by atoms with Gasteiger partial charge in [0.2, 0.25) is 0 Å². The molecule has 0 saturated heterocycles. The molecule has 4 aromatic rings. The van der Waals surface area contributed by atoms with Crippen LogP contribution in [0.25, 0.3) is 33.4 Å². The number of rotatable bonds is 3. The van der Waals surface area contributed by atoms with E-state index in [0.717, 1.165) is 33.4 Å². The third-order valence-corrected chi connectivity index (χ3v) is 11.2. The van der Waals surface area contributed by atoms with Crippen molar-refractivity contribution in [1.29, 1.82) is 0 Å². The van der Waals surface area contributed by atoms with Gasteiger partial charge in [-0.05, 0) is 173 Å². The molecule has 4 aromatic carbocycles. The largest absolute Gasteiger partial charge is 0.508 e. The van der Waals surface area contributed by atoms with Gasteiger partial charge in [0.05, 0.1) is 0 Å². The highest BCUT2D eigenvalue weighted by Gasteiger charge is 2.37. The van der Waals surface area contributed by atoms with Gasteiger partial charge in [-0.25, -0.2) is 0 Å². The maximum Gasteiger partial charge on any atom is 0.116 e. The molecule has 0 aliphatic heterocycles. The van der Waals surface area contributed by atoms with Gasteiger partial charge in [0.25, 0.3) is 0 Å². The Kier molecular flexibility index (Phi) is 10.7. The molecule has 0 unspecified atom stereocenters. The molecule has 0 atom stereocenters. The van der Waals surface area contributed by atoms with Gasteiger partial charge < -0.3 is 15.3 Å². The summed E-state index contributed by atoms with van der Waals surface area (Å²) in [6.07, 6.45) is 0. The average molecular weight is 733 g/mol. The monoisotopic (exact) mass is 733 g/mol. The van der Waals surface area contributed by atoms with Crippen molar-refractivity contribution in [1.82, 2.24) is 0 Å². The Hall–Kier alpha value is -3.72. The van der Waals surface area contributed by atoms with Crippen LogP contribution in [0.2, 0.25) is 0 Å². The summed E-state index contributed by atoms with van der Waals surface area (Å²) in [7, 11) is 0. The molecule has 3 heteroatoms. The van der Waals surface area contributed by atoms with Gasteiger partial charge in [0.15, 0.2) is 0 Å². The van der Waals surface area contributed by atoms with Crippen molar-refractivity contribution < 1.29 is 15.3 Å². The molecule has 0 heterocycles. The Balaban J connectivity index is 2.60. The molecule has 0 spiro atoms. The number of aromatic hydroxyl groups is 3. The lowest BCUT2D eigenvalue weighted by Gasteiger charge is -2.37. The van der Waals surface area contributed by atoms with Crippen molar-refractivity contribution >= 4 is 0 Å². The number of benzene rings is 4. The first-order valence-electron chi connectivity index (χ1n) is 19.9. The molecule has 0 amide bonds. The lowest BCUT2D eigenvalue weighted by molar-refractivity contribution is 0.466. The van der Waals surface area contributed by atoms with Crippen molar-refractivity contribution in [2.45, 2.75) is 178 Å². The van der Waals surface area contributed by atoms with Crippen LogP contribution >= 0.6 is 0 Å². The van der Waals surface area contributed by atoms with Crippen LogP contribution in [0.5, 0.6) is 17.2 Å². The Morgan fingerprint density at radius 2 is 0.389 bits per heavy atom. The van der Waals surface area contributed by atoms with Gasteiger partial charge >= 0.3 is 0 Å². The summed E-state index contributed by atoms with van der Waals surface area (Å²) in [5.41, 5.74) is 15.6. The van der Waals surface area contributed by atoms with E-state index < -0.39 is 0 Å². The molecular weight excluding hydrogens is 661 g/mol. The fourth-order valence-electron chi connectivity index (χ4n) is 8.58. The number of phenolic OH excluding ortho intramolecular Hbond substituents is 3. The van der Waals surface area contributed by atoms with E-state index in [0.29, 0.717) is 0 Å². The van der Waals surface area contributed by atoms with Crippen molar-refractivity contribution in [3.63, 3.8) is 0 Å². The van der Waals surface area contributed by atoms with Crippen molar-refractivity contribution in [3.8, 4) is 50.6 Å². The highest BCUT2D eigenvalue weighted by Crippen LogP contribution is 2.55. The normalized spacial score (nSPS) is 13.5. The molecule has 0 aromatic heterocycles. The predicted octanol–water partition coefficient (Wildman–Crippen LogP) is 14.5. The number of hydrogen-bond acceptors (Lipinski definition) is 3. The fraction of sp³-hybridized carbons (Fsp3) is 0.529. The standard InChI is InChI=1S/C51H72O3/c1-28-40(43-34(46(4,5)6)22-31(52)23-35(43)47(7,8)9)29(2)42(45-38(50(16,17)18)26-33(54)27-39(45)51(19,20)21)30(3)41(28)44-36(48(10,11)12)24-32(53)25-37(44)49(13,14)15/h22-27,52-54H,1-21H3. The van der Waals surface area contributed by atoms with Crippen LogP contribution in [0.1, 0.15) is 175 Å². The lowest BCUT2D eigenvalue weighted by Crippen LogP contribution is -2.22. The molecule has 54 heavy (non-hydrogen) atoms. The van der Waals surface area contributed by atoms with Crippen molar-refractivity contribution in [3.05, 3.63) is 86.5 Å². The minimum absolute atomic E-state index is 0.281. The molecule has 294 valence electrons. The van der Waals surface area contributed by atoms with E-state index in [2.05, 4.69) is 145 Å². The van der Waals surface area contributed by atoms with Crippen LogP contribution < -0.4 is 0 Å². The molecule has 0 radical (unpaired) electrons. The van der Waals surface area contributed by atoms with Gasteiger partial charge in [-0.2, -0.15) is 0 Å². The molecule has 0 fully saturated rings. The van der Waals surface area contributed by atoms with Crippen molar-refractivity contribution in [2.75, 3.05) is 0 Å². The summed E-state index contributed by atoms with van der Waals surface area (Å²) >= 11 is 0. The molecule has 0 bridgehead atoms. The van der Waals surface area contributed by atoms with Gasteiger partial charge in [-0.1, -0.05) is 125 Å². The van der Waals surface area contributed by atoms with Gasteiger partial charge in [0.1, 0.15) is 17.2 Å². The van der Waals surface area contributed by atoms with Gasteiger partial charge in [-0.15, -0.1) is 0 Å². The SMILES string of the molecule is Cc1c(-c2c(C(C)(C)C)cc(O)cc2C(C)(C)C)c(C)c(-c2c(C(C)(C)C)cc(O)cc2C(C)(C)C)c(C)c1-c1c(C(C)(C)C)cc(O)cc1C(C)(C)C. The van der Waals surface area contributed by atoms with Crippen LogP contribution in [0, 0.1) is 20.8 Å². The molecule has 3 N–H and O–H groups in total. The van der Waals surface area contributed by atoms with E-state index in [1.165, 1.54) is 50.1 Å². The molecular formula is C51H72O3. The number of phenols is 3. The predicted molar refractivity (Wildman–Crippen MR) is 234 cm³/mol. The summed E-state index contributed by atoms with van der Waals surface area (Å²) in [6, 6.07) is 11.9. The van der Waals surface area contributed by atoms with Crippen LogP contribution in [0.15, 0.2) is 36.4 Å². The summed E-state index contributed by atoms with van der Waals surface area (Å²) in [5.74, 6) is 0.843. The molecule has 0 aliphatic rings. The van der Waals surface area contributed by atoms with Crippen molar-refractivity contribution in [2.24, 2.45) is 0 Å². The maximum absolute atomic E-state index is 11.3. The van der Waals surface area contributed by atoms with Crippen LogP contribution in [0.4, 0.5) is 0 Å². The smallest absolute Gasteiger partial charge is 0.116 e. The Labute approximate surface area is 329 Å². The molecule has 3 nitrogen and oxygen atoms in total. The quantitative estimate of drug-likeness (QED) is 0.197. The second-order valence-electron chi connectivity index (χ2n) is 22.2. The first-order valence-corrected chi connectivity index (χ1v) is 19.9. The first kappa shape index (κ1) is 43.0. The summed E-state index contributed by atoms with van der Waals surface area (Å²) in [4.78, 5) is 0. The van der Waals surface area contributed by atoms with E-state index in [1.54, 1.807) is 0 Å². The second-order valence-corrected chi connectivity index (χ2v) is 22.2. The highest BCUT2D eigenvalue weighted by molar-refractivity contribution is 5.97. The zero-order chi connectivity index (χ0) is 41.6. The average Bonchev–Trinajstić information content (AvgIpc) is 2.95. The van der Waals surface area contributed by atoms with Gasteiger partial charge in [-0.3, -0.25) is 0 Å². The lowest BCUT2D eigenvalue weighted by atomic mass is 9.67. The maximum atomic E-state index is 11.3. The zero-order valence-electron chi connectivity index (χ0n) is 37.8. The Morgan fingerprint density at radius 1 is 0.259 bits per heavy atom. The Bertz CT molecular complexity index is 1730. The molecule has 0 saturated carbocycles. The fourth-order valence-corrected chi connectivity index (χ4v) is 8.58. The van der Waals surface area contributed by atoms with Crippen LogP contribution in [0.3, 0.4) is 0 Å². The second kappa shape index (κ2) is 13.5. The third kappa shape index (κ3) is 7.98. The summed E-state index contributed by atoms with van der Waals surface area (Å²) in [5, 5.41) is 34.0. The number of hydrogen-bond donors (Lipinski definition) is 3. The van der Waals surface area contributed by atoms with Crippen LogP contribution in [-0.4, -0.2) is 15.3 Å². The summed E-state index contributed by atoms with van der Waals surface area (Å²) in [6.45, 7) is 47.2. The zero-order valence-corrected chi connectivity index (χ0v) is 37.8. The molecule has 4 rings (SSSR count). The first-order chi connectivity index (χ1) is 24.1. The minimum Gasteiger partial charge on any atom is -0.508 e. The molecule has 0 aliphatic carbocycles. The van der Waals surface area contributed by atoms with E-state index >= 15 is 0 Å². The van der Waals surface area contributed by atoms with E-state index in [1.807, 2.05) is 36.4 Å².